The van der Waals surface area contributed by atoms with Crippen molar-refractivity contribution in [3.63, 3.8) is 0 Å². The molecule has 0 atom stereocenters. The van der Waals surface area contributed by atoms with Gasteiger partial charge in [-0.05, 0) is 68.1 Å². The van der Waals surface area contributed by atoms with Crippen molar-refractivity contribution >= 4 is 17.0 Å². The van der Waals surface area contributed by atoms with E-state index in [1.165, 1.54) is 11.1 Å². The number of fused-ring (bicyclic) bond motifs is 2. The fourth-order valence-corrected chi connectivity index (χ4v) is 6.28. The summed E-state index contributed by atoms with van der Waals surface area (Å²) >= 11 is 0. The molecule has 0 saturated carbocycles. The minimum atomic E-state index is 0.581. The van der Waals surface area contributed by atoms with Gasteiger partial charge < -0.3 is 28.4 Å². The molecule has 1 aliphatic heterocycles. The van der Waals surface area contributed by atoms with Gasteiger partial charge in [0, 0.05) is 43.2 Å². The molecule has 0 spiro atoms. The summed E-state index contributed by atoms with van der Waals surface area (Å²) in [5, 5.41) is 0.907. The van der Waals surface area contributed by atoms with E-state index in [0.29, 0.717) is 28.7 Å². The Labute approximate surface area is 260 Å². The maximum absolute atomic E-state index is 5.82. The Morgan fingerprint density at radius 2 is 1.32 bits per heavy atom. The highest BCUT2D eigenvalue weighted by Crippen LogP contribution is 2.44. The van der Waals surface area contributed by atoms with Crippen LogP contribution in [-0.2, 0) is 13.0 Å². The molecule has 236 valence electrons. The number of hydrogen-bond acceptors (Lipinski definition) is 9. The monoisotopic (exact) mass is 603 g/mol. The number of nitrogens with zero attached hydrogens (tertiary/aromatic N) is 3. The molecule has 2 aliphatic rings. The second-order valence-corrected chi connectivity index (χ2v) is 11.1. The first-order chi connectivity index (χ1) is 21.5. The smallest absolute Gasteiger partial charge is 0.204 e. The third-order valence-electron chi connectivity index (χ3n) is 8.50. The average molecular weight is 604 g/mol. The number of benzene rings is 2. The van der Waals surface area contributed by atoms with Crippen molar-refractivity contribution in [3.8, 4) is 34.5 Å². The molecule has 0 unspecified atom stereocenters. The van der Waals surface area contributed by atoms with Crippen LogP contribution < -0.4 is 28.4 Å². The quantitative estimate of drug-likeness (QED) is 0.287. The fraction of sp³-hybridized carbons (Fsp3) is 0.457. The van der Waals surface area contributed by atoms with Crippen LogP contribution in [0.4, 0.5) is 0 Å². The second-order valence-electron chi connectivity index (χ2n) is 11.1. The van der Waals surface area contributed by atoms with Gasteiger partial charge in [0.15, 0.2) is 23.0 Å². The molecule has 1 aromatic heterocycles. The van der Waals surface area contributed by atoms with Gasteiger partial charge in [-0.15, -0.1) is 0 Å². The largest absolute Gasteiger partial charge is 0.493 e. The van der Waals surface area contributed by atoms with E-state index >= 15 is 0 Å². The first-order valence-electron chi connectivity index (χ1n) is 15.3. The summed E-state index contributed by atoms with van der Waals surface area (Å²) in [6.45, 7) is 5.80. The standard InChI is InChI=1S/C35H45N3O6/c1-39-30-20-25-11-8-7-10-24(12-14-27(25)32(41-3)34(30)43-5)22-37-16-9-17-38(19-18-37)23-26-13-15-28-29(36-26)21-31(40-2)35(44-6)33(28)42-4/h10,12-15,20-21H,7-9,11,16-19,22-23H2,1-6H3/b14-12-,24-10+. The molecule has 9 nitrogen and oxygen atoms in total. The molecule has 0 radical (unpaired) electrons. The summed E-state index contributed by atoms with van der Waals surface area (Å²) in [7, 11) is 9.90. The summed E-state index contributed by atoms with van der Waals surface area (Å²) in [6.07, 6.45) is 11.0. The molecule has 2 aromatic carbocycles. The summed E-state index contributed by atoms with van der Waals surface area (Å²) < 4.78 is 33.8. The van der Waals surface area contributed by atoms with Crippen LogP contribution in [0, 0.1) is 0 Å². The van der Waals surface area contributed by atoms with Crippen LogP contribution in [0.5, 0.6) is 34.5 Å². The molecule has 0 amide bonds. The number of rotatable bonds is 10. The molecule has 3 aromatic rings. The molecule has 1 saturated heterocycles. The van der Waals surface area contributed by atoms with Crippen LogP contribution in [0.3, 0.4) is 0 Å². The maximum atomic E-state index is 5.82. The number of ether oxygens (including phenoxy) is 6. The number of hydrogen-bond donors (Lipinski definition) is 0. The lowest BCUT2D eigenvalue weighted by molar-refractivity contribution is 0.258. The Balaban J connectivity index is 1.27. The zero-order valence-electron chi connectivity index (χ0n) is 26.9. The normalized spacial score (nSPS) is 18.1. The zero-order valence-corrected chi connectivity index (χ0v) is 26.9. The van der Waals surface area contributed by atoms with Gasteiger partial charge >= 0.3 is 0 Å². The predicted octanol–water partition coefficient (Wildman–Crippen LogP) is 5.77. The topological polar surface area (TPSA) is 74.8 Å². The molecule has 5 rings (SSSR count). The van der Waals surface area contributed by atoms with Crippen LogP contribution in [0.2, 0.25) is 0 Å². The Hall–Kier alpha value is -3.95. The Kier molecular flexibility index (Phi) is 10.5. The van der Waals surface area contributed by atoms with Crippen LogP contribution in [-0.4, -0.2) is 90.2 Å². The highest BCUT2D eigenvalue weighted by atomic mass is 16.5. The number of methoxy groups -OCH3 is 6. The Morgan fingerprint density at radius 3 is 2.00 bits per heavy atom. The van der Waals surface area contributed by atoms with Gasteiger partial charge in [0.25, 0.3) is 0 Å². The lowest BCUT2D eigenvalue weighted by Crippen LogP contribution is -2.31. The molecule has 0 bridgehead atoms. The molecular formula is C35H45N3O6. The zero-order chi connectivity index (χ0) is 31.1. The molecule has 1 aliphatic carbocycles. The van der Waals surface area contributed by atoms with Crippen LogP contribution in [0.15, 0.2) is 42.0 Å². The van der Waals surface area contributed by atoms with E-state index in [4.69, 9.17) is 33.4 Å². The Bertz CT molecular complexity index is 1520. The van der Waals surface area contributed by atoms with Crippen LogP contribution in [0.1, 0.15) is 36.1 Å². The predicted molar refractivity (Wildman–Crippen MR) is 174 cm³/mol. The van der Waals surface area contributed by atoms with Crippen molar-refractivity contribution in [1.29, 1.82) is 0 Å². The van der Waals surface area contributed by atoms with Gasteiger partial charge in [0.1, 0.15) is 0 Å². The SMILES string of the molecule is COc1cc2c(c(OC)c1OC)/C=C\C(CN1CCCN(Cc3ccc4c(OC)c(OC)c(OC)cc4n3)CC1)=C/CCC2. The highest BCUT2D eigenvalue weighted by molar-refractivity contribution is 5.90. The number of allylic oxidation sites excluding steroid dienone is 1. The van der Waals surface area contributed by atoms with Crippen LogP contribution >= 0.6 is 0 Å². The van der Waals surface area contributed by atoms with Gasteiger partial charge in [-0.2, -0.15) is 0 Å². The first-order valence-corrected chi connectivity index (χ1v) is 15.3. The van der Waals surface area contributed by atoms with E-state index in [1.54, 1.807) is 42.7 Å². The average Bonchev–Trinajstić information content (AvgIpc) is 3.21. The minimum absolute atomic E-state index is 0.581. The highest BCUT2D eigenvalue weighted by Gasteiger charge is 2.21. The van der Waals surface area contributed by atoms with Crippen molar-refractivity contribution in [2.45, 2.75) is 32.2 Å². The lowest BCUT2D eigenvalue weighted by Gasteiger charge is -2.22. The third kappa shape index (κ3) is 6.74. The second kappa shape index (κ2) is 14.7. The summed E-state index contributed by atoms with van der Waals surface area (Å²) in [6, 6.07) is 8.16. The van der Waals surface area contributed by atoms with Crippen molar-refractivity contribution in [1.82, 2.24) is 14.8 Å². The van der Waals surface area contributed by atoms with E-state index in [1.807, 2.05) is 6.07 Å². The van der Waals surface area contributed by atoms with Gasteiger partial charge in [-0.3, -0.25) is 14.8 Å². The number of aromatic nitrogens is 1. The van der Waals surface area contributed by atoms with Gasteiger partial charge in [-0.1, -0.05) is 18.2 Å². The van der Waals surface area contributed by atoms with Crippen molar-refractivity contribution in [2.75, 3.05) is 75.4 Å². The first kappa shape index (κ1) is 31.5. The van der Waals surface area contributed by atoms with Crippen LogP contribution in [0.25, 0.3) is 17.0 Å². The molecule has 9 heteroatoms. The summed E-state index contributed by atoms with van der Waals surface area (Å²) in [4.78, 5) is 10.0. The van der Waals surface area contributed by atoms with E-state index in [9.17, 15) is 0 Å². The molecular weight excluding hydrogens is 558 g/mol. The molecule has 2 heterocycles. The fourth-order valence-electron chi connectivity index (χ4n) is 6.28. The third-order valence-corrected chi connectivity index (χ3v) is 8.50. The van der Waals surface area contributed by atoms with E-state index in [-0.39, 0.29) is 0 Å². The van der Waals surface area contributed by atoms with Crippen molar-refractivity contribution in [2.24, 2.45) is 0 Å². The van der Waals surface area contributed by atoms with E-state index in [0.717, 1.165) is 92.9 Å². The van der Waals surface area contributed by atoms with Gasteiger partial charge in [0.2, 0.25) is 11.5 Å². The van der Waals surface area contributed by atoms with Gasteiger partial charge in [-0.25, -0.2) is 0 Å². The van der Waals surface area contributed by atoms with Crippen molar-refractivity contribution < 1.29 is 28.4 Å². The van der Waals surface area contributed by atoms with Crippen molar-refractivity contribution in [3.05, 3.63) is 58.8 Å². The summed E-state index contributed by atoms with van der Waals surface area (Å²) in [5.74, 6) is 3.90. The summed E-state index contributed by atoms with van der Waals surface area (Å²) in [5.41, 5.74) is 5.48. The molecule has 0 N–H and O–H groups in total. The van der Waals surface area contributed by atoms with E-state index < -0.39 is 0 Å². The van der Waals surface area contributed by atoms with E-state index in [2.05, 4.69) is 46.2 Å². The minimum Gasteiger partial charge on any atom is -0.493 e. The molecule has 1 fully saturated rings. The Morgan fingerprint density at radius 1 is 0.659 bits per heavy atom. The maximum Gasteiger partial charge on any atom is 0.204 e. The lowest BCUT2D eigenvalue weighted by atomic mass is 9.99. The molecule has 44 heavy (non-hydrogen) atoms. The van der Waals surface area contributed by atoms with Gasteiger partial charge in [0.05, 0.1) is 53.9 Å². The number of aryl methyl sites for hydroxylation is 1. The number of pyridine rings is 1.